The van der Waals surface area contributed by atoms with Crippen LogP contribution in [0, 0.1) is 29.6 Å². The van der Waals surface area contributed by atoms with Crippen LogP contribution in [0.15, 0.2) is 138 Å². The van der Waals surface area contributed by atoms with Gasteiger partial charge in [0, 0.05) is 38.3 Å². The second-order valence-electron chi connectivity index (χ2n) is 21.9. The van der Waals surface area contributed by atoms with Crippen molar-refractivity contribution in [1.82, 2.24) is 10.1 Å². The third-order valence-electron chi connectivity index (χ3n) is 15.3. The van der Waals surface area contributed by atoms with Crippen LogP contribution < -0.4 is 25.5 Å². The van der Waals surface area contributed by atoms with Gasteiger partial charge in [-0.1, -0.05) is 168 Å². The van der Waals surface area contributed by atoms with Crippen LogP contribution in [0.4, 0.5) is 4.79 Å². The number of ether oxygens (including phenoxy) is 1. The maximum absolute atomic E-state index is 11.2. The maximum Gasteiger partial charge on any atom is 0.407 e. The molecule has 70 heavy (non-hydrogen) atoms. The Kier molecular flexibility index (Phi) is 16.2. The Hall–Kier alpha value is -5.09. The molecule has 5 aromatic carbocycles. The van der Waals surface area contributed by atoms with Crippen molar-refractivity contribution in [3.63, 3.8) is 0 Å². The lowest BCUT2D eigenvalue weighted by molar-refractivity contribution is 0.123. The first-order chi connectivity index (χ1) is 33.7. The highest BCUT2D eigenvalue weighted by Gasteiger charge is 2.53. The predicted molar refractivity (Wildman–Crippen MR) is 283 cm³/mol. The maximum atomic E-state index is 11.2. The minimum absolute atomic E-state index is 0.0271. The van der Waals surface area contributed by atoms with Crippen LogP contribution in [0.1, 0.15) is 84.9 Å². The van der Waals surface area contributed by atoms with Gasteiger partial charge in [0.15, 0.2) is 5.58 Å². The molecule has 2 aliphatic carbocycles. The Labute approximate surface area is 417 Å². The highest BCUT2D eigenvalue weighted by molar-refractivity contribution is 7.00. The molecule has 6 aromatic rings. The number of fused-ring (bicyclic) bond motifs is 1. The first-order valence-electron chi connectivity index (χ1n) is 25.4. The third-order valence-corrected chi connectivity index (χ3v) is 25.3. The van der Waals surface area contributed by atoms with Gasteiger partial charge < -0.3 is 38.3 Å². The van der Waals surface area contributed by atoms with Crippen LogP contribution in [-0.2, 0) is 21.9 Å². The lowest BCUT2D eigenvalue weighted by Crippen LogP contribution is -2.66. The van der Waals surface area contributed by atoms with E-state index in [1.54, 1.807) is 0 Å². The van der Waals surface area contributed by atoms with Crippen molar-refractivity contribution < 1.29 is 38.2 Å². The summed E-state index contributed by atoms with van der Waals surface area (Å²) in [6.07, 6.45) is 4.73. The molecule has 10 nitrogen and oxygen atoms in total. The second-order valence-corrected chi connectivity index (χ2v) is 30.5. The average molecular weight is 983 g/mol. The minimum atomic E-state index is -2.58. The highest BCUT2D eigenvalue weighted by Crippen LogP contribution is 2.44. The van der Waals surface area contributed by atoms with Gasteiger partial charge in [-0.3, -0.25) is 0 Å². The van der Waals surface area contributed by atoms with Gasteiger partial charge in [-0.05, 0) is 111 Å². The van der Waals surface area contributed by atoms with Crippen LogP contribution in [0.3, 0.4) is 0 Å². The normalized spacial score (nSPS) is 19.6. The standard InChI is InChI=1S/C37H46N2O6Si.C21H28O2Si/c1-37(2,3)46(29-10-6-4-7-11-29,30-12-8-5-9-13-30)44-25-28-22-27(28)24-43-34-17-15-31-33(38-45-35(31)32(34)23-40)16-14-26-18-20-39(21-19-26)36(41)42;1-21(2,3)24(19-10-6-4-7-11-19,20-12-8-5-9-13-20)23-16-18-14-17(18)15-22/h4-13,15,17,26-28,40H,14,16,18-25H2,1-3H3,(H,41,42);4-13,17-18,22H,14-16H2,1-3H3/t27-,28+;17-,18+/m00/s1. The molecule has 0 spiro atoms. The molecule has 3 fully saturated rings. The number of piperidine rings is 1. The fourth-order valence-corrected chi connectivity index (χ4v) is 20.2. The van der Waals surface area contributed by atoms with Crippen molar-refractivity contribution in [2.24, 2.45) is 29.6 Å². The van der Waals surface area contributed by atoms with Crippen molar-refractivity contribution in [2.75, 3.05) is 39.5 Å². The largest absolute Gasteiger partial charge is 0.493 e. The number of likely N-dealkylation sites (tertiary alicyclic amines) is 1. The van der Waals surface area contributed by atoms with Crippen molar-refractivity contribution in [2.45, 2.75) is 96.8 Å². The zero-order valence-electron chi connectivity index (χ0n) is 42.1. The number of rotatable bonds is 18. The molecular weight excluding hydrogens is 909 g/mol. The molecule has 0 unspecified atom stereocenters. The number of aryl methyl sites for hydroxylation is 1. The number of aromatic nitrogens is 1. The van der Waals surface area contributed by atoms with Crippen LogP contribution in [0.2, 0.25) is 10.1 Å². The van der Waals surface area contributed by atoms with Crippen LogP contribution >= 0.6 is 0 Å². The number of aliphatic hydroxyl groups excluding tert-OH is 2. The number of aliphatic hydroxyl groups is 2. The molecule has 1 amide bonds. The summed E-state index contributed by atoms with van der Waals surface area (Å²) in [5.41, 5.74) is 2.09. The van der Waals surface area contributed by atoms with Crippen LogP contribution in [0.25, 0.3) is 11.0 Å². The number of carbonyl (C=O) groups is 1. The van der Waals surface area contributed by atoms with E-state index in [-0.39, 0.29) is 23.3 Å². The Morgan fingerprint density at radius 1 is 0.643 bits per heavy atom. The van der Waals surface area contributed by atoms with Crippen molar-refractivity contribution >= 4 is 54.4 Å². The van der Waals surface area contributed by atoms with E-state index in [2.05, 4.69) is 168 Å². The summed E-state index contributed by atoms with van der Waals surface area (Å²) < 4.78 is 26.1. The summed E-state index contributed by atoms with van der Waals surface area (Å²) in [5.74, 6) is 2.85. The van der Waals surface area contributed by atoms with E-state index in [9.17, 15) is 20.1 Å². The van der Waals surface area contributed by atoms with Crippen LogP contribution in [0.5, 0.6) is 5.75 Å². The summed E-state index contributed by atoms with van der Waals surface area (Å²) in [6.45, 7) is 17.1. The molecule has 0 bridgehead atoms. The summed E-state index contributed by atoms with van der Waals surface area (Å²) >= 11 is 0. The lowest BCUT2D eigenvalue weighted by atomic mass is 9.91. The summed E-state index contributed by atoms with van der Waals surface area (Å²) in [6, 6.07) is 46.9. The van der Waals surface area contributed by atoms with E-state index in [0.717, 1.165) is 56.2 Å². The number of benzene rings is 5. The van der Waals surface area contributed by atoms with E-state index in [1.807, 2.05) is 12.1 Å². The Balaban J connectivity index is 0.000000230. The van der Waals surface area contributed by atoms with E-state index in [1.165, 1.54) is 25.6 Å². The fourth-order valence-electron chi connectivity index (χ4n) is 11.0. The molecule has 0 radical (unpaired) electrons. The van der Waals surface area contributed by atoms with Crippen LogP contribution in [-0.4, -0.2) is 87.6 Å². The summed E-state index contributed by atoms with van der Waals surface area (Å²) in [7, 11) is -4.97. The molecular formula is C58H74N2O8Si2. The second kappa shape index (κ2) is 22.1. The summed E-state index contributed by atoms with van der Waals surface area (Å²) in [5, 5.41) is 39.3. The number of amides is 1. The molecule has 9 rings (SSSR count). The fraction of sp³-hybridized carbons (Fsp3) is 0.448. The van der Waals surface area contributed by atoms with Gasteiger partial charge in [0.05, 0.1) is 24.5 Å². The topological polar surface area (TPSA) is 135 Å². The van der Waals surface area contributed by atoms with Gasteiger partial charge in [0.1, 0.15) is 5.75 Å². The van der Waals surface area contributed by atoms with Crippen molar-refractivity contribution in [3.8, 4) is 5.75 Å². The number of hydrogen-bond acceptors (Lipinski definition) is 8. The van der Waals surface area contributed by atoms with Crippen molar-refractivity contribution in [3.05, 3.63) is 145 Å². The molecule has 1 aliphatic heterocycles. The Morgan fingerprint density at radius 2 is 1.09 bits per heavy atom. The minimum Gasteiger partial charge on any atom is -0.493 e. The Bertz CT molecular complexity index is 2510. The third kappa shape index (κ3) is 11.2. The van der Waals surface area contributed by atoms with Gasteiger partial charge in [-0.25, -0.2) is 4.79 Å². The molecule has 3 N–H and O–H groups in total. The zero-order valence-corrected chi connectivity index (χ0v) is 44.1. The molecule has 3 aliphatic rings. The van der Waals surface area contributed by atoms with E-state index in [0.29, 0.717) is 72.8 Å². The van der Waals surface area contributed by atoms with Gasteiger partial charge in [-0.15, -0.1) is 0 Å². The quantitative estimate of drug-likeness (QED) is 0.0721. The van der Waals surface area contributed by atoms with Crippen molar-refractivity contribution in [1.29, 1.82) is 0 Å². The smallest absolute Gasteiger partial charge is 0.407 e. The van der Waals surface area contributed by atoms with E-state index in [4.69, 9.17) is 18.1 Å². The van der Waals surface area contributed by atoms with Gasteiger partial charge >= 0.3 is 6.09 Å². The first-order valence-corrected chi connectivity index (χ1v) is 29.2. The van der Waals surface area contributed by atoms with Gasteiger partial charge in [0.25, 0.3) is 16.6 Å². The number of hydrogen-bond donors (Lipinski definition) is 3. The molecule has 4 atom stereocenters. The Morgan fingerprint density at radius 3 is 1.50 bits per heavy atom. The van der Waals surface area contributed by atoms with E-state index < -0.39 is 22.7 Å². The SMILES string of the molecule is CC(C)(C)[Si](OC[C@H]1C[C@H]1CO)(c1ccccc1)c1ccccc1.CC(C)(C)[Si](OC[C@H]1C[C@H]1COc1ccc2c(CCC3CCN(C(=O)O)CC3)noc2c1CO)(c1ccccc1)c1ccccc1. The van der Waals surface area contributed by atoms with Gasteiger partial charge in [-0.2, -0.15) is 0 Å². The number of nitrogens with zero attached hydrogens (tertiary/aromatic N) is 2. The van der Waals surface area contributed by atoms with Gasteiger partial charge in [0.2, 0.25) is 0 Å². The molecule has 372 valence electrons. The first kappa shape index (κ1) is 51.3. The molecule has 2 saturated carbocycles. The average Bonchev–Trinajstić information content (AvgIpc) is 4.28. The predicted octanol–water partition coefficient (Wildman–Crippen LogP) is 9.43. The molecule has 12 heteroatoms. The summed E-state index contributed by atoms with van der Waals surface area (Å²) in [4.78, 5) is 12.7. The lowest BCUT2D eigenvalue weighted by Gasteiger charge is -2.43. The molecule has 1 aromatic heterocycles. The molecule has 1 saturated heterocycles. The monoisotopic (exact) mass is 982 g/mol. The number of carboxylic acid groups (broad SMARTS) is 1. The molecule has 2 heterocycles. The highest BCUT2D eigenvalue weighted by atomic mass is 28.4. The zero-order chi connectivity index (χ0) is 49.5. The van der Waals surface area contributed by atoms with E-state index >= 15 is 0 Å².